The summed E-state index contributed by atoms with van der Waals surface area (Å²) in [5.74, 6) is 0.441. The van der Waals surface area contributed by atoms with Crippen LogP contribution in [0.25, 0.3) is 0 Å². The third-order valence-electron chi connectivity index (χ3n) is 6.04. The molecule has 1 saturated heterocycles. The van der Waals surface area contributed by atoms with Crippen LogP contribution in [0.4, 0.5) is 0 Å². The number of sulfonamides is 1. The van der Waals surface area contributed by atoms with Crippen LogP contribution in [0.5, 0.6) is 0 Å². The first-order chi connectivity index (χ1) is 9.81. The average Bonchev–Trinajstić information content (AvgIpc) is 2.96. The average molecular weight is 316 g/mol. The number of rotatable bonds is 2. The van der Waals surface area contributed by atoms with Gasteiger partial charge in [0.1, 0.15) is 5.25 Å². The van der Waals surface area contributed by atoms with E-state index in [1.807, 2.05) is 0 Å². The Kier molecular flexibility index (Phi) is 3.58. The molecular formula is C14H24N2O4S. The summed E-state index contributed by atoms with van der Waals surface area (Å²) in [5, 5.41) is 12.1. The molecule has 120 valence electrons. The minimum atomic E-state index is -3.49. The van der Waals surface area contributed by atoms with Crippen molar-refractivity contribution < 1.29 is 18.4 Å². The number of hydrogen-bond donors (Lipinski definition) is 1. The molecule has 2 aliphatic carbocycles. The van der Waals surface area contributed by atoms with Crippen molar-refractivity contribution in [1.29, 1.82) is 0 Å². The number of hydrogen-bond acceptors (Lipinski definition) is 5. The van der Waals surface area contributed by atoms with Crippen molar-refractivity contribution >= 4 is 15.7 Å². The van der Waals surface area contributed by atoms with Crippen molar-refractivity contribution in [2.24, 2.45) is 28.3 Å². The third kappa shape index (κ3) is 2.04. The van der Waals surface area contributed by atoms with E-state index in [1.165, 1.54) is 4.31 Å². The summed E-state index contributed by atoms with van der Waals surface area (Å²) < 4.78 is 32.8. The second-order valence-electron chi connectivity index (χ2n) is 7.06. The summed E-state index contributed by atoms with van der Waals surface area (Å²) in [4.78, 5) is 0. The number of ether oxygens (including phenoxy) is 1. The van der Waals surface area contributed by atoms with E-state index in [1.54, 1.807) is 0 Å². The monoisotopic (exact) mass is 316 g/mol. The predicted octanol–water partition coefficient (Wildman–Crippen LogP) is 1.16. The van der Waals surface area contributed by atoms with E-state index < -0.39 is 15.3 Å². The lowest BCUT2D eigenvalue weighted by Crippen LogP contribution is -2.53. The van der Waals surface area contributed by atoms with Crippen LogP contribution in [-0.2, 0) is 14.8 Å². The van der Waals surface area contributed by atoms with Gasteiger partial charge in [0.2, 0.25) is 10.0 Å². The van der Waals surface area contributed by atoms with Gasteiger partial charge in [0.05, 0.1) is 18.9 Å². The lowest BCUT2D eigenvalue weighted by molar-refractivity contribution is 0.0719. The van der Waals surface area contributed by atoms with Gasteiger partial charge in [-0.3, -0.25) is 0 Å². The van der Waals surface area contributed by atoms with Gasteiger partial charge in [0, 0.05) is 19.0 Å². The maximum atomic E-state index is 13.0. The van der Waals surface area contributed by atoms with Gasteiger partial charge in [-0.2, -0.15) is 4.31 Å². The normalized spacial score (nSPS) is 41.8. The van der Waals surface area contributed by atoms with Crippen molar-refractivity contribution in [3.8, 4) is 0 Å². The molecule has 0 radical (unpaired) electrons. The van der Waals surface area contributed by atoms with Crippen LogP contribution in [0.15, 0.2) is 5.16 Å². The van der Waals surface area contributed by atoms with E-state index in [-0.39, 0.29) is 17.3 Å². The molecule has 0 amide bonds. The molecule has 1 heterocycles. The summed E-state index contributed by atoms with van der Waals surface area (Å²) in [7, 11) is -3.49. The molecule has 3 fully saturated rings. The van der Waals surface area contributed by atoms with Gasteiger partial charge in [0.15, 0.2) is 0 Å². The van der Waals surface area contributed by atoms with Crippen LogP contribution in [0, 0.1) is 23.2 Å². The molecule has 4 atom stereocenters. The van der Waals surface area contributed by atoms with Crippen LogP contribution >= 0.6 is 0 Å². The minimum Gasteiger partial charge on any atom is -0.411 e. The molecule has 0 unspecified atom stereocenters. The van der Waals surface area contributed by atoms with Gasteiger partial charge >= 0.3 is 0 Å². The fourth-order valence-corrected chi connectivity index (χ4v) is 6.78. The summed E-state index contributed by atoms with van der Waals surface area (Å²) in [6, 6.07) is 0. The first-order valence-electron chi connectivity index (χ1n) is 7.60. The molecule has 0 aromatic heterocycles. The highest BCUT2D eigenvalue weighted by molar-refractivity contribution is 7.90. The molecule has 6 nitrogen and oxygen atoms in total. The molecule has 3 rings (SSSR count). The molecule has 3 aliphatic rings. The summed E-state index contributed by atoms with van der Waals surface area (Å²) in [5.41, 5.74) is 0.418. The largest absolute Gasteiger partial charge is 0.411 e. The second-order valence-corrected chi connectivity index (χ2v) is 9.11. The molecular weight excluding hydrogens is 292 g/mol. The quantitative estimate of drug-likeness (QED) is 0.612. The minimum absolute atomic E-state index is 0.0243. The van der Waals surface area contributed by atoms with Crippen molar-refractivity contribution in [3.05, 3.63) is 0 Å². The molecule has 0 spiro atoms. The first kappa shape index (κ1) is 15.2. The number of fused-ring (bicyclic) bond motifs is 2. The molecule has 2 bridgehead atoms. The van der Waals surface area contributed by atoms with Gasteiger partial charge in [-0.1, -0.05) is 25.9 Å². The predicted molar refractivity (Wildman–Crippen MR) is 78.9 cm³/mol. The van der Waals surface area contributed by atoms with Crippen LogP contribution in [0.2, 0.25) is 0 Å². The fraction of sp³-hybridized carbons (Fsp3) is 0.929. The van der Waals surface area contributed by atoms with E-state index in [0.717, 1.165) is 6.42 Å². The topological polar surface area (TPSA) is 79.2 Å². The van der Waals surface area contributed by atoms with Gasteiger partial charge in [-0.15, -0.1) is 0 Å². The summed E-state index contributed by atoms with van der Waals surface area (Å²) in [6.07, 6.45) is 0.807. The molecule has 7 heteroatoms. The lowest BCUT2D eigenvalue weighted by Gasteiger charge is -2.42. The maximum absolute atomic E-state index is 13.0. The van der Waals surface area contributed by atoms with Crippen molar-refractivity contribution in [1.82, 2.24) is 4.31 Å². The number of nitrogens with zero attached hydrogens (tertiary/aromatic N) is 2. The first-order valence-corrected chi connectivity index (χ1v) is 9.10. The van der Waals surface area contributed by atoms with Gasteiger partial charge in [-0.05, 0) is 23.7 Å². The summed E-state index contributed by atoms with van der Waals surface area (Å²) >= 11 is 0. The van der Waals surface area contributed by atoms with E-state index >= 15 is 0 Å². The fourth-order valence-electron chi connectivity index (χ4n) is 4.40. The number of morpholine rings is 1. The Hall–Kier alpha value is -0.660. The van der Waals surface area contributed by atoms with E-state index in [9.17, 15) is 13.6 Å². The number of oxime groups is 1. The maximum Gasteiger partial charge on any atom is 0.222 e. The lowest BCUT2D eigenvalue weighted by atomic mass is 9.69. The molecule has 0 aromatic rings. The standard InChI is InChI=1S/C14H24N2O4S/c1-9-10-8-11(14(9,2)3)13(12(10)15-17)21(18,19)16-4-6-20-7-5-16/h9-11,13,17H,4-8H2,1-3H3/b15-12-/t9-,10-,11-,13+/m1/s1. The zero-order valence-corrected chi connectivity index (χ0v) is 13.6. The van der Waals surface area contributed by atoms with Gasteiger partial charge in [0.25, 0.3) is 0 Å². The second kappa shape index (κ2) is 4.93. The zero-order chi connectivity index (χ0) is 15.4. The van der Waals surface area contributed by atoms with Crippen molar-refractivity contribution in [2.75, 3.05) is 26.3 Å². The zero-order valence-electron chi connectivity index (χ0n) is 12.8. The summed E-state index contributed by atoms with van der Waals surface area (Å²) in [6.45, 7) is 8.07. The Morgan fingerprint density at radius 2 is 1.95 bits per heavy atom. The molecule has 0 aromatic carbocycles. The van der Waals surface area contributed by atoms with E-state index in [0.29, 0.717) is 37.9 Å². The van der Waals surface area contributed by atoms with Crippen LogP contribution in [0.3, 0.4) is 0 Å². The third-order valence-corrected chi connectivity index (χ3v) is 8.34. The van der Waals surface area contributed by atoms with Crippen LogP contribution < -0.4 is 0 Å². The van der Waals surface area contributed by atoms with Gasteiger partial charge < -0.3 is 9.94 Å². The molecule has 1 aliphatic heterocycles. The van der Waals surface area contributed by atoms with E-state index in [4.69, 9.17) is 4.74 Å². The van der Waals surface area contributed by atoms with Crippen molar-refractivity contribution in [3.63, 3.8) is 0 Å². The van der Waals surface area contributed by atoms with Crippen molar-refractivity contribution in [2.45, 2.75) is 32.4 Å². The molecule has 1 N–H and O–H groups in total. The Bertz CT molecular complexity index is 551. The highest BCUT2D eigenvalue weighted by atomic mass is 32.2. The van der Waals surface area contributed by atoms with Gasteiger partial charge in [-0.25, -0.2) is 8.42 Å². The molecule has 2 saturated carbocycles. The Labute approximate surface area is 126 Å². The smallest absolute Gasteiger partial charge is 0.222 e. The highest BCUT2D eigenvalue weighted by Crippen LogP contribution is 2.59. The van der Waals surface area contributed by atoms with E-state index in [2.05, 4.69) is 25.9 Å². The Balaban J connectivity index is 1.97. The SMILES string of the molecule is C[C@@H]1[C@H]2C[C@H]([C@H](S(=O)(=O)N3CCOCC3)/C2=N\O)C1(C)C. The van der Waals surface area contributed by atoms with Crippen LogP contribution in [-0.4, -0.2) is 55.2 Å². The van der Waals surface area contributed by atoms with Crippen LogP contribution in [0.1, 0.15) is 27.2 Å². The Morgan fingerprint density at radius 3 is 2.52 bits per heavy atom. The Morgan fingerprint density at radius 1 is 1.33 bits per heavy atom. The highest BCUT2D eigenvalue weighted by Gasteiger charge is 2.63. The molecule has 21 heavy (non-hydrogen) atoms.